The van der Waals surface area contributed by atoms with Gasteiger partial charge in [-0.05, 0) is 37.0 Å². The molecule has 1 amide bonds. The molecule has 0 atom stereocenters. The van der Waals surface area contributed by atoms with Crippen molar-refractivity contribution in [1.29, 1.82) is 0 Å². The summed E-state index contributed by atoms with van der Waals surface area (Å²) in [5.74, 6) is 2.25. The Morgan fingerprint density at radius 1 is 1.12 bits per heavy atom. The van der Waals surface area contributed by atoms with Crippen LogP contribution in [-0.4, -0.2) is 38.3 Å². The molecule has 1 aliphatic rings. The summed E-state index contributed by atoms with van der Waals surface area (Å²) in [4.78, 5) is 11.9. The van der Waals surface area contributed by atoms with E-state index >= 15 is 0 Å². The molecule has 1 heterocycles. The van der Waals surface area contributed by atoms with Gasteiger partial charge >= 0.3 is 0 Å². The second-order valence-electron chi connectivity index (χ2n) is 5.94. The molecular formula is C18H24N2O3S. The maximum atomic E-state index is 12.7. The van der Waals surface area contributed by atoms with E-state index in [0.29, 0.717) is 30.8 Å². The zero-order valence-electron chi connectivity index (χ0n) is 13.8. The summed E-state index contributed by atoms with van der Waals surface area (Å²) in [5.41, 5.74) is 0.931. The highest BCUT2D eigenvalue weighted by Gasteiger charge is 2.24. The third kappa shape index (κ3) is 5.08. The Morgan fingerprint density at radius 2 is 1.75 bits per heavy atom. The number of benzene rings is 1. The minimum atomic E-state index is -3.41. The fourth-order valence-corrected chi connectivity index (χ4v) is 4.27. The molecule has 1 fully saturated rings. The first-order chi connectivity index (χ1) is 11.5. The first-order valence-corrected chi connectivity index (χ1v) is 9.77. The summed E-state index contributed by atoms with van der Waals surface area (Å²) in [7, 11) is -3.41. The van der Waals surface area contributed by atoms with Crippen molar-refractivity contribution in [3.05, 3.63) is 29.8 Å². The van der Waals surface area contributed by atoms with Crippen molar-refractivity contribution < 1.29 is 13.2 Å². The van der Waals surface area contributed by atoms with Crippen LogP contribution in [0.4, 0.5) is 0 Å². The molecule has 1 aromatic rings. The highest BCUT2D eigenvalue weighted by molar-refractivity contribution is 7.89. The number of sulfonamides is 1. The molecule has 1 aromatic carbocycles. The Kier molecular flexibility index (Phi) is 6.83. The fourth-order valence-electron chi connectivity index (χ4n) is 2.76. The number of carbonyl (C=O) groups is 1. The van der Waals surface area contributed by atoms with E-state index < -0.39 is 10.0 Å². The molecule has 1 saturated heterocycles. The van der Waals surface area contributed by atoms with E-state index in [1.54, 1.807) is 28.6 Å². The Morgan fingerprint density at radius 3 is 2.33 bits per heavy atom. The van der Waals surface area contributed by atoms with Crippen molar-refractivity contribution in [3.8, 4) is 12.3 Å². The lowest BCUT2D eigenvalue weighted by atomic mass is 10.1. The zero-order chi connectivity index (χ0) is 17.4. The first kappa shape index (κ1) is 18.5. The zero-order valence-corrected chi connectivity index (χ0v) is 14.6. The van der Waals surface area contributed by atoms with Gasteiger partial charge in [-0.15, -0.1) is 6.42 Å². The molecule has 0 unspecified atom stereocenters. The molecule has 130 valence electrons. The topological polar surface area (TPSA) is 66.5 Å². The van der Waals surface area contributed by atoms with Gasteiger partial charge in [-0.3, -0.25) is 4.79 Å². The van der Waals surface area contributed by atoms with Crippen LogP contribution in [0.3, 0.4) is 0 Å². The van der Waals surface area contributed by atoms with Gasteiger partial charge in [0.05, 0.1) is 11.4 Å². The third-order valence-electron chi connectivity index (χ3n) is 4.15. The summed E-state index contributed by atoms with van der Waals surface area (Å²) in [6.45, 7) is 1.42. The molecule has 0 radical (unpaired) electrons. The lowest BCUT2D eigenvalue weighted by Gasteiger charge is -2.20. The predicted octanol–water partition coefficient (Wildman–Crippen LogP) is 1.93. The second-order valence-corrected chi connectivity index (χ2v) is 7.88. The second kappa shape index (κ2) is 8.86. The van der Waals surface area contributed by atoms with Gasteiger partial charge < -0.3 is 5.32 Å². The van der Waals surface area contributed by atoms with E-state index in [1.165, 1.54) is 0 Å². The van der Waals surface area contributed by atoms with E-state index in [4.69, 9.17) is 6.42 Å². The summed E-state index contributed by atoms with van der Waals surface area (Å²) in [6, 6.07) is 6.82. The Bertz CT molecular complexity index is 682. The van der Waals surface area contributed by atoms with E-state index in [-0.39, 0.29) is 12.5 Å². The third-order valence-corrected chi connectivity index (χ3v) is 6.07. The van der Waals surface area contributed by atoms with Crippen molar-refractivity contribution in [2.75, 3.05) is 19.6 Å². The van der Waals surface area contributed by atoms with Crippen LogP contribution in [0.25, 0.3) is 0 Å². The molecule has 0 aromatic heterocycles. The van der Waals surface area contributed by atoms with Crippen LogP contribution in [0.5, 0.6) is 0 Å². The number of nitrogens with one attached hydrogen (secondary N) is 1. The van der Waals surface area contributed by atoms with Gasteiger partial charge in [0.15, 0.2) is 0 Å². The van der Waals surface area contributed by atoms with Crippen molar-refractivity contribution in [3.63, 3.8) is 0 Å². The number of carbonyl (C=O) groups excluding carboxylic acids is 1. The number of hydrogen-bond acceptors (Lipinski definition) is 3. The van der Waals surface area contributed by atoms with Crippen LogP contribution < -0.4 is 5.32 Å². The van der Waals surface area contributed by atoms with Crippen LogP contribution in [0, 0.1) is 12.3 Å². The smallest absolute Gasteiger partial charge is 0.243 e. The van der Waals surface area contributed by atoms with Gasteiger partial charge in [0.2, 0.25) is 15.9 Å². The fraction of sp³-hybridized carbons (Fsp3) is 0.500. The van der Waals surface area contributed by atoms with Crippen molar-refractivity contribution in [2.45, 2.75) is 43.4 Å². The number of rotatable bonds is 6. The van der Waals surface area contributed by atoms with E-state index in [9.17, 15) is 13.2 Å². The molecule has 0 bridgehead atoms. The number of amides is 1. The molecule has 0 spiro atoms. The van der Waals surface area contributed by atoms with Crippen molar-refractivity contribution >= 4 is 15.9 Å². The van der Waals surface area contributed by atoms with Crippen molar-refractivity contribution in [1.82, 2.24) is 9.62 Å². The summed E-state index contributed by atoms with van der Waals surface area (Å²) in [5, 5.41) is 2.61. The monoisotopic (exact) mass is 348 g/mol. The average molecular weight is 348 g/mol. The van der Waals surface area contributed by atoms with E-state index in [2.05, 4.69) is 11.2 Å². The highest BCUT2D eigenvalue weighted by atomic mass is 32.2. The lowest BCUT2D eigenvalue weighted by molar-refractivity contribution is -0.120. The Labute approximate surface area is 144 Å². The Balaban J connectivity index is 1.98. The molecule has 1 aliphatic heterocycles. The molecule has 2 rings (SSSR count). The van der Waals surface area contributed by atoms with Crippen molar-refractivity contribution in [2.24, 2.45) is 0 Å². The average Bonchev–Trinajstić information content (AvgIpc) is 2.88. The quantitative estimate of drug-likeness (QED) is 0.799. The molecule has 24 heavy (non-hydrogen) atoms. The molecule has 0 saturated carbocycles. The van der Waals surface area contributed by atoms with Crippen LogP contribution in [0.15, 0.2) is 29.2 Å². The number of hydrogen-bond donors (Lipinski definition) is 1. The van der Waals surface area contributed by atoms with Gasteiger partial charge in [0.1, 0.15) is 0 Å². The van der Waals surface area contributed by atoms with E-state index in [0.717, 1.165) is 31.2 Å². The molecular weight excluding hydrogens is 324 g/mol. The maximum Gasteiger partial charge on any atom is 0.243 e. The normalized spacial score (nSPS) is 16.1. The Hall–Kier alpha value is -1.84. The molecule has 1 N–H and O–H groups in total. The van der Waals surface area contributed by atoms with Crippen LogP contribution >= 0.6 is 0 Å². The highest BCUT2D eigenvalue weighted by Crippen LogP contribution is 2.20. The van der Waals surface area contributed by atoms with Crippen LogP contribution in [0.2, 0.25) is 0 Å². The number of terminal acetylenes is 1. The minimum Gasteiger partial charge on any atom is -0.345 e. The van der Waals surface area contributed by atoms with Gasteiger partial charge in [-0.1, -0.05) is 30.9 Å². The van der Waals surface area contributed by atoms with E-state index in [1.807, 2.05) is 0 Å². The summed E-state index contributed by atoms with van der Waals surface area (Å²) < 4.78 is 26.9. The lowest BCUT2D eigenvalue weighted by Crippen LogP contribution is -2.31. The largest absolute Gasteiger partial charge is 0.345 e. The van der Waals surface area contributed by atoms with Crippen LogP contribution in [0.1, 0.15) is 37.7 Å². The van der Waals surface area contributed by atoms with Gasteiger partial charge in [0, 0.05) is 19.5 Å². The maximum absolute atomic E-state index is 12.7. The number of nitrogens with zero attached hydrogens (tertiary/aromatic N) is 1. The standard InChI is InChI=1S/C18H24N2O3S/c1-2-13-19-18(21)12-9-16-7-10-17(11-8-16)24(22,23)20-14-5-3-4-6-15-20/h1,7-8,10-11H,3-6,9,12-15H2,(H,19,21). The molecule has 5 nitrogen and oxygen atoms in total. The summed E-state index contributed by atoms with van der Waals surface area (Å²) in [6.07, 6.45) is 10.00. The molecule has 6 heteroatoms. The molecule has 0 aliphatic carbocycles. The van der Waals surface area contributed by atoms with Gasteiger partial charge in [-0.25, -0.2) is 8.42 Å². The predicted molar refractivity (Wildman–Crippen MR) is 93.8 cm³/mol. The SMILES string of the molecule is C#CCNC(=O)CCc1ccc(S(=O)(=O)N2CCCCCC2)cc1. The van der Waals surface area contributed by atoms with Crippen LogP contribution in [-0.2, 0) is 21.2 Å². The minimum absolute atomic E-state index is 0.103. The first-order valence-electron chi connectivity index (χ1n) is 8.33. The van der Waals surface area contributed by atoms with Gasteiger partial charge in [-0.2, -0.15) is 4.31 Å². The summed E-state index contributed by atoms with van der Waals surface area (Å²) >= 11 is 0. The van der Waals surface area contributed by atoms with Gasteiger partial charge in [0.25, 0.3) is 0 Å². The number of aryl methyl sites for hydroxylation is 1.